The molecule has 0 aromatic heterocycles. The van der Waals surface area contributed by atoms with Crippen molar-refractivity contribution in [2.75, 3.05) is 6.61 Å². The highest BCUT2D eigenvalue weighted by Crippen LogP contribution is 2.17. The molecule has 1 aromatic rings. The first-order valence-corrected chi connectivity index (χ1v) is 6.93. The minimum Gasteiger partial charge on any atom is -0.494 e. The fourth-order valence-corrected chi connectivity index (χ4v) is 1.91. The molecule has 2 nitrogen and oxygen atoms in total. The molecule has 0 atom stereocenters. The van der Waals surface area contributed by atoms with Crippen molar-refractivity contribution in [1.82, 2.24) is 0 Å². The predicted octanol–water partition coefficient (Wildman–Crippen LogP) is 4.40. The molecule has 18 heavy (non-hydrogen) atoms. The molecule has 1 radical (unpaired) electrons. The number of rotatable bonds is 8. The maximum absolute atomic E-state index is 11.6. The van der Waals surface area contributed by atoms with E-state index in [1.807, 2.05) is 24.3 Å². The van der Waals surface area contributed by atoms with E-state index in [0.717, 1.165) is 24.3 Å². The van der Waals surface area contributed by atoms with Crippen LogP contribution in [0.3, 0.4) is 0 Å². The maximum Gasteiger partial charge on any atom is 0.119 e. The molecule has 0 spiro atoms. The Labute approximate surface area is 111 Å². The van der Waals surface area contributed by atoms with E-state index >= 15 is 0 Å². The van der Waals surface area contributed by atoms with Crippen molar-refractivity contribution < 1.29 is 9.84 Å². The van der Waals surface area contributed by atoms with Crippen LogP contribution in [0.25, 0.3) is 0 Å². The van der Waals surface area contributed by atoms with E-state index in [2.05, 4.69) is 6.92 Å². The van der Waals surface area contributed by atoms with Gasteiger partial charge in [0.05, 0.1) is 6.61 Å². The molecular weight excluding hydrogens is 224 g/mol. The lowest BCUT2D eigenvalue weighted by atomic mass is 9.99. The first-order chi connectivity index (χ1) is 8.51. The Kier molecular flexibility index (Phi) is 6.20. The normalized spacial score (nSPS) is 11.6. The average molecular weight is 249 g/mol. The summed E-state index contributed by atoms with van der Waals surface area (Å²) in [6, 6.07) is 7.89. The van der Waals surface area contributed by atoms with Gasteiger partial charge in [0.1, 0.15) is 11.4 Å². The number of hydrogen-bond acceptors (Lipinski definition) is 1. The molecular formula is C16H25O2. The third-order valence-electron chi connectivity index (χ3n) is 2.82. The van der Waals surface area contributed by atoms with Gasteiger partial charge in [-0.25, -0.2) is 5.11 Å². The van der Waals surface area contributed by atoms with Gasteiger partial charge in [0.15, 0.2) is 0 Å². The van der Waals surface area contributed by atoms with Crippen LogP contribution in [0.15, 0.2) is 24.3 Å². The van der Waals surface area contributed by atoms with E-state index < -0.39 is 5.60 Å². The lowest BCUT2D eigenvalue weighted by Crippen LogP contribution is -2.19. The SMILES string of the molecule is CCCCCCOc1ccc(CC(C)(C)[O])cc1. The molecule has 0 saturated heterocycles. The van der Waals surface area contributed by atoms with E-state index in [-0.39, 0.29) is 0 Å². The van der Waals surface area contributed by atoms with Crippen LogP contribution in [0.2, 0.25) is 0 Å². The first-order valence-electron chi connectivity index (χ1n) is 6.93. The summed E-state index contributed by atoms with van der Waals surface area (Å²) in [6.07, 6.45) is 5.44. The van der Waals surface area contributed by atoms with Crippen molar-refractivity contribution in [3.8, 4) is 5.75 Å². The van der Waals surface area contributed by atoms with Crippen molar-refractivity contribution in [2.24, 2.45) is 0 Å². The van der Waals surface area contributed by atoms with Gasteiger partial charge in [0, 0.05) is 6.42 Å². The lowest BCUT2D eigenvalue weighted by molar-refractivity contribution is 0.00477. The van der Waals surface area contributed by atoms with Crippen molar-refractivity contribution in [2.45, 2.75) is 58.5 Å². The molecule has 0 bridgehead atoms. The number of benzene rings is 1. The summed E-state index contributed by atoms with van der Waals surface area (Å²) >= 11 is 0. The van der Waals surface area contributed by atoms with Crippen LogP contribution in [0.5, 0.6) is 5.75 Å². The quantitative estimate of drug-likeness (QED) is 0.628. The first kappa shape index (κ1) is 15.0. The predicted molar refractivity (Wildman–Crippen MR) is 74.5 cm³/mol. The molecule has 2 heteroatoms. The molecule has 0 fully saturated rings. The molecule has 0 N–H and O–H groups in total. The van der Waals surface area contributed by atoms with Crippen LogP contribution in [-0.4, -0.2) is 12.2 Å². The Morgan fingerprint density at radius 2 is 1.72 bits per heavy atom. The fourth-order valence-electron chi connectivity index (χ4n) is 1.91. The van der Waals surface area contributed by atoms with Crippen molar-refractivity contribution >= 4 is 0 Å². The second-order valence-electron chi connectivity index (χ2n) is 5.49. The van der Waals surface area contributed by atoms with Gasteiger partial charge >= 0.3 is 0 Å². The summed E-state index contributed by atoms with van der Waals surface area (Å²) in [7, 11) is 0. The Morgan fingerprint density at radius 1 is 1.06 bits per heavy atom. The lowest BCUT2D eigenvalue weighted by Gasteiger charge is -2.14. The zero-order valence-electron chi connectivity index (χ0n) is 11.9. The Morgan fingerprint density at radius 3 is 2.28 bits per heavy atom. The molecule has 1 aromatic carbocycles. The molecule has 1 rings (SSSR count). The molecule has 101 valence electrons. The third-order valence-corrected chi connectivity index (χ3v) is 2.82. The molecule has 0 saturated carbocycles. The summed E-state index contributed by atoms with van der Waals surface area (Å²) in [5, 5.41) is 11.6. The largest absolute Gasteiger partial charge is 0.494 e. The van der Waals surface area contributed by atoms with E-state index in [9.17, 15) is 5.11 Å². The van der Waals surface area contributed by atoms with Crippen LogP contribution in [0.4, 0.5) is 0 Å². The molecule has 0 unspecified atom stereocenters. The standard InChI is InChI=1S/C16H25O2/c1-4-5-6-7-12-18-15-10-8-14(9-11-15)13-16(2,3)17/h8-11H,4-7,12-13H2,1-3H3. The van der Waals surface area contributed by atoms with Crippen LogP contribution in [0, 0.1) is 0 Å². The van der Waals surface area contributed by atoms with E-state index in [1.165, 1.54) is 19.3 Å². The molecule has 0 aliphatic carbocycles. The maximum atomic E-state index is 11.6. The number of ether oxygens (including phenoxy) is 1. The van der Waals surface area contributed by atoms with Gasteiger partial charge in [-0.3, -0.25) is 0 Å². The van der Waals surface area contributed by atoms with Gasteiger partial charge < -0.3 is 4.74 Å². The van der Waals surface area contributed by atoms with E-state index in [4.69, 9.17) is 4.74 Å². The smallest absolute Gasteiger partial charge is 0.119 e. The Bertz CT molecular complexity index is 322. The van der Waals surface area contributed by atoms with Gasteiger partial charge in [0.25, 0.3) is 0 Å². The van der Waals surface area contributed by atoms with Crippen molar-refractivity contribution in [3.63, 3.8) is 0 Å². The van der Waals surface area contributed by atoms with Crippen molar-refractivity contribution in [1.29, 1.82) is 0 Å². The number of unbranched alkanes of at least 4 members (excludes halogenated alkanes) is 3. The average Bonchev–Trinajstić information content (AvgIpc) is 2.29. The van der Waals surface area contributed by atoms with Crippen LogP contribution < -0.4 is 4.74 Å². The summed E-state index contributed by atoms with van der Waals surface area (Å²) in [5.74, 6) is 0.902. The van der Waals surface area contributed by atoms with E-state index in [1.54, 1.807) is 13.8 Å². The van der Waals surface area contributed by atoms with Crippen molar-refractivity contribution in [3.05, 3.63) is 29.8 Å². The highest BCUT2D eigenvalue weighted by atomic mass is 16.5. The zero-order valence-corrected chi connectivity index (χ0v) is 11.9. The Hall–Kier alpha value is -1.02. The summed E-state index contributed by atoms with van der Waals surface area (Å²) in [4.78, 5) is 0. The highest BCUT2D eigenvalue weighted by molar-refractivity contribution is 5.28. The second-order valence-corrected chi connectivity index (χ2v) is 5.49. The molecule has 0 heterocycles. The van der Waals surface area contributed by atoms with E-state index in [0.29, 0.717) is 6.42 Å². The second kappa shape index (κ2) is 7.42. The highest BCUT2D eigenvalue weighted by Gasteiger charge is 2.15. The van der Waals surface area contributed by atoms with Gasteiger partial charge in [-0.2, -0.15) is 0 Å². The molecule has 0 amide bonds. The van der Waals surface area contributed by atoms with Crippen LogP contribution in [-0.2, 0) is 11.5 Å². The summed E-state index contributed by atoms with van der Waals surface area (Å²) in [6.45, 7) is 6.42. The van der Waals surface area contributed by atoms with Gasteiger partial charge in [-0.1, -0.05) is 38.3 Å². The Balaban J connectivity index is 2.32. The third kappa shape index (κ3) is 6.65. The minimum atomic E-state index is -0.900. The van der Waals surface area contributed by atoms with Gasteiger partial charge in [-0.05, 0) is 38.0 Å². The summed E-state index contributed by atoms with van der Waals surface area (Å²) < 4.78 is 5.66. The van der Waals surface area contributed by atoms with Crippen LogP contribution in [0.1, 0.15) is 52.0 Å². The molecule has 0 aliphatic heterocycles. The number of hydrogen-bond donors (Lipinski definition) is 0. The minimum absolute atomic E-state index is 0.559. The summed E-state index contributed by atoms with van der Waals surface area (Å²) in [5.41, 5.74) is 0.177. The van der Waals surface area contributed by atoms with Gasteiger partial charge in [-0.15, -0.1) is 0 Å². The fraction of sp³-hybridized carbons (Fsp3) is 0.625. The topological polar surface area (TPSA) is 29.1 Å². The van der Waals surface area contributed by atoms with Crippen LogP contribution >= 0.6 is 0 Å². The molecule has 0 aliphatic rings. The van der Waals surface area contributed by atoms with Gasteiger partial charge in [0.2, 0.25) is 0 Å². The monoisotopic (exact) mass is 249 g/mol. The zero-order chi connectivity index (χ0) is 13.4.